The first kappa shape index (κ1) is 12.6. The summed E-state index contributed by atoms with van der Waals surface area (Å²) in [5, 5.41) is 3.52. The molecule has 0 aliphatic carbocycles. The second-order valence-corrected chi connectivity index (χ2v) is 5.17. The molecule has 104 valence electrons. The number of anilines is 1. The number of hydrogen-bond donors (Lipinski definition) is 1. The lowest BCUT2D eigenvalue weighted by atomic mass is 10.2. The van der Waals surface area contributed by atoms with Gasteiger partial charge in [0.15, 0.2) is 11.5 Å². The van der Waals surface area contributed by atoms with Crippen molar-refractivity contribution >= 4 is 5.69 Å². The van der Waals surface area contributed by atoms with Gasteiger partial charge in [0, 0.05) is 37.3 Å². The largest absolute Gasteiger partial charge is 0.490 e. The molecule has 1 aromatic carbocycles. The minimum absolute atomic E-state index is 0.612. The van der Waals surface area contributed by atoms with Crippen LogP contribution in [0.5, 0.6) is 11.5 Å². The SMILES string of the molecule is CCNC1CCN(c2ccc3c(c2)OCCCO3)C1. The van der Waals surface area contributed by atoms with Gasteiger partial charge in [0.05, 0.1) is 13.2 Å². The van der Waals surface area contributed by atoms with E-state index in [2.05, 4.69) is 29.3 Å². The maximum atomic E-state index is 5.76. The van der Waals surface area contributed by atoms with Crippen LogP contribution in [0.3, 0.4) is 0 Å². The van der Waals surface area contributed by atoms with Crippen molar-refractivity contribution < 1.29 is 9.47 Å². The van der Waals surface area contributed by atoms with Crippen molar-refractivity contribution in [3.8, 4) is 11.5 Å². The van der Waals surface area contributed by atoms with Crippen molar-refractivity contribution in [3.63, 3.8) is 0 Å². The van der Waals surface area contributed by atoms with E-state index in [0.717, 1.165) is 50.8 Å². The van der Waals surface area contributed by atoms with Crippen molar-refractivity contribution in [2.45, 2.75) is 25.8 Å². The minimum atomic E-state index is 0.612. The van der Waals surface area contributed by atoms with Crippen molar-refractivity contribution in [2.24, 2.45) is 0 Å². The number of ether oxygens (including phenoxy) is 2. The van der Waals surface area contributed by atoms with Gasteiger partial charge in [-0.2, -0.15) is 0 Å². The highest BCUT2D eigenvalue weighted by molar-refractivity contribution is 5.57. The summed E-state index contributed by atoms with van der Waals surface area (Å²) in [6, 6.07) is 6.91. The standard InChI is InChI=1S/C15H22N2O2/c1-2-16-12-6-7-17(11-12)13-4-5-14-15(10-13)19-9-3-8-18-14/h4-5,10,12,16H,2-3,6-9,11H2,1H3. The zero-order valence-electron chi connectivity index (χ0n) is 11.5. The maximum absolute atomic E-state index is 5.76. The number of hydrogen-bond acceptors (Lipinski definition) is 4. The van der Waals surface area contributed by atoms with Crippen LogP contribution in [-0.2, 0) is 0 Å². The molecule has 0 aromatic heterocycles. The topological polar surface area (TPSA) is 33.7 Å². The fourth-order valence-electron chi connectivity index (χ4n) is 2.80. The highest BCUT2D eigenvalue weighted by atomic mass is 16.5. The highest BCUT2D eigenvalue weighted by Gasteiger charge is 2.23. The zero-order chi connectivity index (χ0) is 13.1. The average molecular weight is 262 g/mol. The first-order valence-electron chi connectivity index (χ1n) is 7.25. The van der Waals surface area contributed by atoms with Crippen LogP contribution in [0.15, 0.2) is 18.2 Å². The molecular formula is C15H22N2O2. The van der Waals surface area contributed by atoms with Crippen molar-refractivity contribution in [2.75, 3.05) is 37.7 Å². The molecule has 4 nitrogen and oxygen atoms in total. The predicted molar refractivity (Wildman–Crippen MR) is 76.3 cm³/mol. The highest BCUT2D eigenvalue weighted by Crippen LogP contribution is 2.34. The third-order valence-corrected chi connectivity index (χ3v) is 3.78. The zero-order valence-corrected chi connectivity index (χ0v) is 11.5. The van der Waals surface area contributed by atoms with Crippen molar-refractivity contribution in [1.29, 1.82) is 0 Å². The third kappa shape index (κ3) is 2.78. The molecule has 1 saturated heterocycles. The molecule has 0 radical (unpaired) electrons. The molecule has 0 spiro atoms. The summed E-state index contributed by atoms with van der Waals surface area (Å²) < 4.78 is 11.4. The Bertz CT molecular complexity index is 436. The van der Waals surface area contributed by atoms with Gasteiger partial charge in [-0.05, 0) is 25.1 Å². The van der Waals surface area contributed by atoms with Crippen LogP contribution in [0.1, 0.15) is 19.8 Å². The lowest BCUT2D eigenvalue weighted by Gasteiger charge is -2.20. The molecule has 2 aliphatic rings. The molecular weight excluding hydrogens is 240 g/mol. The third-order valence-electron chi connectivity index (χ3n) is 3.78. The van der Waals surface area contributed by atoms with E-state index in [1.807, 2.05) is 6.07 Å². The number of nitrogens with one attached hydrogen (secondary N) is 1. The first-order valence-corrected chi connectivity index (χ1v) is 7.25. The van der Waals surface area contributed by atoms with Crippen LogP contribution in [-0.4, -0.2) is 38.9 Å². The van der Waals surface area contributed by atoms with Gasteiger partial charge in [0.1, 0.15) is 0 Å². The van der Waals surface area contributed by atoms with E-state index in [1.54, 1.807) is 0 Å². The summed E-state index contributed by atoms with van der Waals surface area (Å²) in [5.74, 6) is 1.77. The molecule has 1 atom stereocenters. The van der Waals surface area contributed by atoms with Crippen LogP contribution < -0.4 is 19.7 Å². The van der Waals surface area contributed by atoms with Crippen molar-refractivity contribution in [1.82, 2.24) is 5.32 Å². The van der Waals surface area contributed by atoms with Crippen molar-refractivity contribution in [3.05, 3.63) is 18.2 Å². The Morgan fingerprint density at radius 2 is 2.11 bits per heavy atom. The molecule has 1 unspecified atom stereocenters. The van der Waals surface area contributed by atoms with E-state index in [4.69, 9.17) is 9.47 Å². The molecule has 2 aliphatic heterocycles. The molecule has 4 heteroatoms. The van der Waals surface area contributed by atoms with Crippen LogP contribution in [0.2, 0.25) is 0 Å². The summed E-state index contributed by atoms with van der Waals surface area (Å²) >= 11 is 0. The number of fused-ring (bicyclic) bond motifs is 1. The molecule has 1 aromatic rings. The quantitative estimate of drug-likeness (QED) is 0.904. The molecule has 2 heterocycles. The summed E-state index contributed by atoms with van der Waals surface area (Å²) in [6.07, 6.45) is 2.17. The summed E-state index contributed by atoms with van der Waals surface area (Å²) in [7, 11) is 0. The van der Waals surface area contributed by atoms with Gasteiger partial charge in [0.2, 0.25) is 0 Å². The second-order valence-electron chi connectivity index (χ2n) is 5.17. The van der Waals surface area contributed by atoms with E-state index in [9.17, 15) is 0 Å². The van der Waals surface area contributed by atoms with E-state index in [1.165, 1.54) is 12.1 Å². The fourth-order valence-corrected chi connectivity index (χ4v) is 2.80. The summed E-state index contributed by atoms with van der Waals surface area (Å²) in [4.78, 5) is 2.42. The molecule has 1 fully saturated rings. The summed E-state index contributed by atoms with van der Waals surface area (Å²) in [5.41, 5.74) is 1.24. The number of benzene rings is 1. The van der Waals surface area contributed by atoms with Gasteiger partial charge in [0.25, 0.3) is 0 Å². The molecule has 3 rings (SSSR count). The number of nitrogens with zero attached hydrogens (tertiary/aromatic N) is 1. The summed E-state index contributed by atoms with van der Waals surface area (Å²) in [6.45, 7) is 6.88. The second kappa shape index (κ2) is 5.70. The van der Waals surface area contributed by atoms with Gasteiger partial charge < -0.3 is 19.7 Å². The van der Waals surface area contributed by atoms with Gasteiger partial charge in [-0.1, -0.05) is 6.92 Å². The average Bonchev–Trinajstić information content (AvgIpc) is 2.76. The Morgan fingerprint density at radius 3 is 2.95 bits per heavy atom. The number of rotatable bonds is 3. The molecule has 0 amide bonds. The van der Waals surface area contributed by atoms with Gasteiger partial charge in [-0.3, -0.25) is 0 Å². The normalized spacial score (nSPS) is 22.4. The van der Waals surface area contributed by atoms with Gasteiger partial charge in [-0.15, -0.1) is 0 Å². The lowest BCUT2D eigenvalue weighted by Crippen LogP contribution is -2.32. The Labute approximate surface area is 114 Å². The Kier molecular flexibility index (Phi) is 3.78. The van der Waals surface area contributed by atoms with E-state index < -0.39 is 0 Å². The smallest absolute Gasteiger partial charge is 0.163 e. The Balaban J connectivity index is 1.73. The van der Waals surface area contributed by atoms with Crippen LogP contribution in [0, 0.1) is 0 Å². The maximum Gasteiger partial charge on any atom is 0.163 e. The lowest BCUT2D eigenvalue weighted by molar-refractivity contribution is 0.297. The monoisotopic (exact) mass is 262 g/mol. The molecule has 0 saturated carbocycles. The molecule has 0 bridgehead atoms. The van der Waals surface area contributed by atoms with E-state index in [0.29, 0.717) is 6.04 Å². The predicted octanol–water partition coefficient (Wildman–Crippen LogP) is 2.04. The Morgan fingerprint density at radius 1 is 1.26 bits per heavy atom. The number of likely N-dealkylation sites (N-methyl/N-ethyl adjacent to an activating group) is 1. The van der Waals surface area contributed by atoms with Crippen LogP contribution in [0.25, 0.3) is 0 Å². The first-order chi connectivity index (χ1) is 9.36. The Hall–Kier alpha value is -1.42. The van der Waals surface area contributed by atoms with Gasteiger partial charge in [-0.25, -0.2) is 0 Å². The van der Waals surface area contributed by atoms with E-state index in [-0.39, 0.29) is 0 Å². The van der Waals surface area contributed by atoms with E-state index >= 15 is 0 Å². The molecule has 1 N–H and O–H groups in total. The van der Waals surface area contributed by atoms with Crippen LogP contribution in [0.4, 0.5) is 5.69 Å². The van der Waals surface area contributed by atoms with Gasteiger partial charge >= 0.3 is 0 Å². The minimum Gasteiger partial charge on any atom is -0.490 e. The van der Waals surface area contributed by atoms with Crippen LogP contribution >= 0.6 is 0 Å². The molecule has 19 heavy (non-hydrogen) atoms. The fraction of sp³-hybridized carbons (Fsp3) is 0.600.